The van der Waals surface area contributed by atoms with E-state index in [1.54, 1.807) is 6.07 Å². The second kappa shape index (κ2) is 7.39. The molecular weight excluding hydrogens is 298 g/mol. The maximum Gasteiger partial charge on any atom is 0.237 e. The summed E-state index contributed by atoms with van der Waals surface area (Å²) in [5.74, 6) is -1.33. The van der Waals surface area contributed by atoms with Crippen molar-refractivity contribution in [3.63, 3.8) is 0 Å². The van der Waals surface area contributed by atoms with Crippen molar-refractivity contribution in [2.24, 2.45) is 0 Å². The zero-order valence-corrected chi connectivity index (χ0v) is 13.3. The normalized spacial score (nSPS) is 28.3. The van der Waals surface area contributed by atoms with Gasteiger partial charge in [-0.2, -0.15) is 0 Å². The summed E-state index contributed by atoms with van der Waals surface area (Å²) in [6.07, 6.45) is 6.82. The summed E-state index contributed by atoms with van der Waals surface area (Å²) in [6.45, 7) is 0.903. The molecule has 1 aliphatic carbocycles. The van der Waals surface area contributed by atoms with Gasteiger partial charge in [0.25, 0.3) is 0 Å². The molecule has 1 saturated heterocycles. The van der Waals surface area contributed by atoms with Crippen molar-refractivity contribution < 1.29 is 13.6 Å². The fraction of sp³-hybridized carbons (Fsp3) is 0.611. The number of carbonyl (C=O) groups is 1. The second-order valence-corrected chi connectivity index (χ2v) is 6.75. The smallest absolute Gasteiger partial charge is 0.237 e. The van der Waals surface area contributed by atoms with Crippen LogP contribution in [0, 0.1) is 11.6 Å². The number of benzene rings is 1. The zero-order chi connectivity index (χ0) is 16.2. The summed E-state index contributed by atoms with van der Waals surface area (Å²) >= 11 is 0. The zero-order valence-electron chi connectivity index (χ0n) is 13.3. The van der Waals surface area contributed by atoms with Crippen LogP contribution < -0.4 is 10.6 Å². The first-order valence-electron chi connectivity index (χ1n) is 8.62. The Balaban J connectivity index is 1.59. The predicted molar refractivity (Wildman–Crippen MR) is 85.1 cm³/mol. The number of rotatable bonds is 3. The van der Waals surface area contributed by atoms with E-state index in [4.69, 9.17) is 0 Å². The van der Waals surface area contributed by atoms with Gasteiger partial charge in [0.2, 0.25) is 5.91 Å². The van der Waals surface area contributed by atoms with Crippen LogP contribution in [0.2, 0.25) is 0 Å². The molecule has 3 atom stereocenters. The van der Waals surface area contributed by atoms with E-state index in [0.29, 0.717) is 0 Å². The van der Waals surface area contributed by atoms with Crippen molar-refractivity contribution >= 4 is 5.91 Å². The number of carbonyl (C=O) groups excluding carboxylic acids is 1. The lowest BCUT2D eigenvalue weighted by molar-refractivity contribution is -0.124. The van der Waals surface area contributed by atoms with Crippen LogP contribution in [0.3, 0.4) is 0 Å². The highest BCUT2D eigenvalue weighted by molar-refractivity contribution is 5.82. The van der Waals surface area contributed by atoms with E-state index in [1.165, 1.54) is 12.1 Å². The number of nitrogens with one attached hydrogen (secondary N) is 2. The Morgan fingerprint density at radius 2 is 1.96 bits per heavy atom. The fourth-order valence-electron chi connectivity index (χ4n) is 3.77. The van der Waals surface area contributed by atoms with Gasteiger partial charge >= 0.3 is 0 Å². The lowest BCUT2D eigenvalue weighted by Gasteiger charge is -2.32. The van der Waals surface area contributed by atoms with Gasteiger partial charge in [-0.05, 0) is 62.3 Å². The molecule has 0 radical (unpaired) electrons. The fourth-order valence-corrected chi connectivity index (χ4v) is 3.77. The molecule has 126 valence electrons. The van der Waals surface area contributed by atoms with Crippen LogP contribution in [-0.4, -0.2) is 24.5 Å². The van der Waals surface area contributed by atoms with Crippen molar-refractivity contribution in [3.05, 3.63) is 35.4 Å². The molecule has 1 aliphatic heterocycles. The van der Waals surface area contributed by atoms with Gasteiger partial charge < -0.3 is 10.6 Å². The van der Waals surface area contributed by atoms with Crippen molar-refractivity contribution in [1.29, 1.82) is 0 Å². The highest BCUT2D eigenvalue weighted by Crippen LogP contribution is 2.33. The van der Waals surface area contributed by atoms with Crippen molar-refractivity contribution in [1.82, 2.24) is 10.6 Å². The van der Waals surface area contributed by atoms with Crippen LogP contribution in [0.4, 0.5) is 8.78 Å². The first-order valence-corrected chi connectivity index (χ1v) is 8.62. The van der Waals surface area contributed by atoms with Gasteiger partial charge in [-0.1, -0.05) is 18.9 Å². The van der Waals surface area contributed by atoms with Crippen molar-refractivity contribution in [2.45, 2.75) is 62.9 Å². The van der Waals surface area contributed by atoms with Crippen LogP contribution in [0.1, 0.15) is 56.4 Å². The summed E-state index contributed by atoms with van der Waals surface area (Å²) in [4.78, 5) is 12.3. The number of halogens is 2. The first kappa shape index (κ1) is 16.4. The van der Waals surface area contributed by atoms with E-state index in [0.717, 1.165) is 57.1 Å². The van der Waals surface area contributed by atoms with Crippen LogP contribution in [0.25, 0.3) is 0 Å². The maximum atomic E-state index is 13.4. The van der Waals surface area contributed by atoms with Gasteiger partial charge in [0, 0.05) is 6.04 Å². The molecule has 3 rings (SSSR count). The van der Waals surface area contributed by atoms with E-state index in [2.05, 4.69) is 10.6 Å². The Hall–Kier alpha value is -1.49. The highest BCUT2D eigenvalue weighted by Gasteiger charge is 2.28. The van der Waals surface area contributed by atoms with Gasteiger partial charge in [0.15, 0.2) is 11.6 Å². The molecule has 0 spiro atoms. The molecule has 2 aliphatic rings. The third-order valence-corrected chi connectivity index (χ3v) is 5.06. The van der Waals surface area contributed by atoms with Gasteiger partial charge in [0.05, 0.1) is 6.04 Å². The highest BCUT2D eigenvalue weighted by atomic mass is 19.2. The van der Waals surface area contributed by atoms with Crippen LogP contribution in [-0.2, 0) is 4.79 Å². The van der Waals surface area contributed by atoms with Crippen molar-refractivity contribution in [2.75, 3.05) is 6.54 Å². The van der Waals surface area contributed by atoms with Crippen LogP contribution in [0.15, 0.2) is 18.2 Å². The third kappa shape index (κ3) is 4.08. The topological polar surface area (TPSA) is 41.1 Å². The molecule has 0 aromatic heterocycles. The van der Waals surface area contributed by atoms with Gasteiger partial charge in [-0.25, -0.2) is 8.78 Å². The molecule has 3 unspecified atom stereocenters. The largest absolute Gasteiger partial charge is 0.352 e. The number of hydrogen-bond donors (Lipinski definition) is 2. The SMILES string of the molecule is O=C(NC1CCCC(c2ccc(F)c(F)c2)C1)C1CCCCN1. The minimum absolute atomic E-state index is 0.0765. The molecule has 0 bridgehead atoms. The lowest BCUT2D eigenvalue weighted by Crippen LogP contribution is -2.50. The molecule has 1 aromatic carbocycles. The van der Waals surface area contributed by atoms with Crippen molar-refractivity contribution in [3.8, 4) is 0 Å². The summed E-state index contributed by atoms with van der Waals surface area (Å²) in [7, 11) is 0. The van der Waals surface area contributed by atoms with E-state index in [1.807, 2.05) is 0 Å². The second-order valence-electron chi connectivity index (χ2n) is 6.75. The Labute approximate surface area is 135 Å². The van der Waals surface area contributed by atoms with Gasteiger partial charge in [-0.3, -0.25) is 4.79 Å². The van der Waals surface area contributed by atoms with Gasteiger partial charge in [0.1, 0.15) is 0 Å². The lowest BCUT2D eigenvalue weighted by atomic mass is 9.81. The first-order chi connectivity index (χ1) is 11.1. The standard InChI is InChI=1S/C18H24F2N2O/c19-15-8-7-13(11-16(15)20)12-4-3-5-14(10-12)22-18(23)17-6-1-2-9-21-17/h7-8,11-12,14,17,21H,1-6,9-10H2,(H,22,23). The van der Waals surface area contributed by atoms with Crippen LogP contribution >= 0.6 is 0 Å². The molecule has 1 saturated carbocycles. The average Bonchev–Trinajstić information content (AvgIpc) is 2.58. The summed E-state index contributed by atoms with van der Waals surface area (Å²) in [5.41, 5.74) is 0.832. The minimum Gasteiger partial charge on any atom is -0.352 e. The molecule has 3 nitrogen and oxygen atoms in total. The Morgan fingerprint density at radius 1 is 1.09 bits per heavy atom. The molecular formula is C18H24F2N2O. The summed E-state index contributed by atoms with van der Waals surface area (Å²) in [5, 5.41) is 6.41. The Bertz CT molecular complexity index is 558. The van der Waals surface area contributed by atoms with E-state index < -0.39 is 11.6 Å². The molecule has 2 N–H and O–H groups in total. The number of amides is 1. The number of hydrogen-bond acceptors (Lipinski definition) is 2. The molecule has 1 amide bonds. The summed E-state index contributed by atoms with van der Waals surface area (Å²) in [6, 6.07) is 4.20. The van der Waals surface area contributed by atoms with Crippen LogP contribution in [0.5, 0.6) is 0 Å². The van der Waals surface area contributed by atoms with Gasteiger partial charge in [-0.15, -0.1) is 0 Å². The predicted octanol–water partition coefficient (Wildman–Crippen LogP) is 3.25. The molecule has 23 heavy (non-hydrogen) atoms. The summed E-state index contributed by atoms with van der Waals surface area (Å²) < 4.78 is 26.5. The Morgan fingerprint density at radius 3 is 2.70 bits per heavy atom. The molecule has 5 heteroatoms. The monoisotopic (exact) mass is 322 g/mol. The van der Waals surface area contributed by atoms with E-state index in [9.17, 15) is 13.6 Å². The maximum absolute atomic E-state index is 13.4. The Kier molecular flexibility index (Phi) is 5.26. The minimum atomic E-state index is -0.808. The molecule has 2 fully saturated rings. The van der Waals surface area contributed by atoms with E-state index in [-0.39, 0.29) is 23.9 Å². The number of piperidine rings is 1. The third-order valence-electron chi connectivity index (χ3n) is 5.06. The molecule has 1 heterocycles. The van der Waals surface area contributed by atoms with E-state index >= 15 is 0 Å². The quantitative estimate of drug-likeness (QED) is 0.897. The average molecular weight is 322 g/mol. The molecule has 1 aromatic rings.